The van der Waals surface area contributed by atoms with Crippen LogP contribution in [0.3, 0.4) is 0 Å². The van der Waals surface area contributed by atoms with E-state index in [1.165, 1.54) is 0 Å². The molecule has 1 aromatic heterocycles. The number of aromatic nitrogens is 3. The minimum atomic E-state index is 0.0319. The number of hydrogen-bond acceptors (Lipinski definition) is 4. The van der Waals surface area contributed by atoms with Gasteiger partial charge in [0.25, 0.3) is 0 Å². The molecule has 0 spiro atoms. The van der Waals surface area contributed by atoms with Crippen molar-refractivity contribution in [2.75, 3.05) is 6.61 Å². The van der Waals surface area contributed by atoms with Gasteiger partial charge in [0.1, 0.15) is 11.4 Å². The van der Waals surface area contributed by atoms with E-state index >= 15 is 0 Å². The van der Waals surface area contributed by atoms with Crippen LogP contribution in [0.2, 0.25) is 10.0 Å². The zero-order valence-electron chi connectivity index (χ0n) is 15.1. The topological polar surface area (TPSA) is 63.0 Å². The van der Waals surface area contributed by atoms with E-state index in [1.807, 2.05) is 43.3 Å². The Morgan fingerprint density at radius 3 is 2.56 bits per heavy atom. The second-order valence-corrected chi connectivity index (χ2v) is 7.14. The van der Waals surface area contributed by atoms with Gasteiger partial charge in [-0.15, -0.1) is 0 Å². The van der Waals surface area contributed by atoms with Gasteiger partial charge in [-0.05, 0) is 24.1 Å². The molecule has 0 radical (unpaired) electrons. The van der Waals surface area contributed by atoms with E-state index in [4.69, 9.17) is 23.2 Å². The van der Waals surface area contributed by atoms with Crippen LogP contribution >= 0.6 is 23.2 Å². The first kappa shape index (κ1) is 19.8. The third-order valence-electron chi connectivity index (χ3n) is 4.37. The lowest BCUT2D eigenvalue weighted by molar-refractivity contribution is 0.238. The van der Waals surface area contributed by atoms with Crippen LogP contribution in [-0.4, -0.2) is 32.7 Å². The average Bonchev–Trinajstić information content (AvgIpc) is 3.08. The molecule has 0 saturated heterocycles. The van der Waals surface area contributed by atoms with Crippen LogP contribution in [-0.2, 0) is 13.1 Å². The molecule has 0 amide bonds. The summed E-state index contributed by atoms with van der Waals surface area (Å²) in [6, 6.07) is 15.4. The van der Waals surface area contributed by atoms with Gasteiger partial charge in [0.2, 0.25) is 0 Å². The Morgan fingerprint density at radius 2 is 1.89 bits per heavy atom. The maximum absolute atomic E-state index is 9.41. The Bertz CT molecular complexity index is 879. The van der Waals surface area contributed by atoms with Crippen LogP contribution in [0.1, 0.15) is 24.6 Å². The summed E-state index contributed by atoms with van der Waals surface area (Å²) < 4.78 is 0. The third-order valence-corrected chi connectivity index (χ3v) is 4.96. The zero-order valence-corrected chi connectivity index (χ0v) is 16.6. The molecule has 0 aliphatic heterocycles. The first-order valence-electron chi connectivity index (χ1n) is 8.88. The van der Waals surface area contributed by atoms with E-state index in [0.717, 1.165) is 28.9 Å². The Labute approximate surface area is 168 Å². The number of benzene rings is 2. The lowest BCUT2D eigenvalue weighted by Gasteiger charge is -2.12. The molecule has 3 aromatic rings. The molecule has 0 fully saturated rings. The molecule has 0 aliphatic rings. The van der Waals surface area contributed by atoms with Crippen LogP contribution in [0.5, 0.6) is 0 Å². The minimum Gasteiger partial charge on any atom is -0.395 e. The largest absolute Gasteiger partial charge is 0.395 e. The molecule has 5 nitrogen and oxygen atoms in total. The van der Waals surface area contributed by atoms with Gasteiger partial charge in [-0.1, -0.05) is 66.5 Å². The summed E-state index contributed by atoms with van der Waals surface area (Å²) in [5.41, 5.74) is 3.55. The number of nitrogens with zero attached hydrogens (tertiary/aromatic N) is 3. The summed E-state index contributed by atoms with van der Waals surface area (Å²) in [6.07, 6.45) is 0.839. The van der Waals surface area contributed by atoms with Crippen molar-refractivity contribution in [2.24, 2.45) is 0 Å². The van der Waals surface area contributed by atoms with Crippen molar-refractivity contribution in [1.29, 1.82) is 0 Å². The Morgan fingerprint density at radius 1 is 1.11 bits per heavy atom. The molecule has 0 bridgehead atoms. The number of halogens is 2. The molecule has 0 aliphatic carbocycles. The first-order chi connectivity index (χ1) is 13.1. The second-order valence-electron chi connectivity index (χ2n) is 6.30. The van der Waals surface area contributed by atoms with Crippen molar-refractivity contribution in [3.05, 3.63) is 69.8 Å². The average molecular weight is 405 g/mol. The molecular formula is C20H22Cl2N4O. The molecule has 0 unspecified atom stereocenters. The highest BCUT2D eigenvalue weighted by Gasteiger charge is 2.15. The lowest BCUT2D eigenvalue weighted by atomic mass is 10.1. The van der Waals surface area contributed by atoms with E-state index < -0.39 is 0 Å². The van der Waals surface area contributed by atoms with Crippen molar-refractivity contribution in [3.8, 4) is 11.3 Å². The number of aliphatic hydroxyl groups is 1. The van der Waals surface area contributed by atoms with Crippen LogP contribution in [0.15, 0.2) is 48.5 Å². The maximum atomic E-state index is 9.41. The molecule has 3 rings (SSSR count). The fourth-order valence-corrected chi connectivity index (χ4v) is 3.24. The van der Waals surface area contributed by atoms with E-state index in [9.17, 15) is 5.11 Å². The monoisotopic (exact) mass is 404 g/mol. The molecule has 7 heteroatoms. The molecule has 2 N–H and O–H groups in total. The molecule has 27 heavy (non-hydrogen) atoms. The van der Waals surface area contributed by atoms with Gasteiger partial charge in [-0.25, -0.2) is 0 Å². The second kappa shape index (κ2) is 9.33. The Hall–Kier alpha value is -1.92. The van der Waals surface area contributed by atoms with Crippen molar-refractivity contribution < 1.29 is 5.11 Å². The van der Waals surface area contributed by atoms with Gasteiger partial charge in [-0.2, -0.15) is 15.0 Å². The summed E-state index contributed by atoms with van der Waals surface area (Å²) in [5, 5.41) is 23.3. The fourth-order valence-electron chi connectivity index (χ4n) is 2.77. The number of rotatable bonds is 8. The van der Waals surface area contributed by atoms with Gasteiger partial charge in [0, 0.05) is 28.2 Å². The molecule has 142 valence electrons. The van der Waals surface area contributed by atoms with Crippen LogP contribution in [0.25, 0.3) is 11.3 Å². The van der Waals surface area contributed by atoms with Gasteiger partial charge in [0.15, 0.2) is 0 Å². The highest BCUT2D eigenvalue weighted by Crippen LogP contribution is 2.23. The van der Waals surface area contributed by atoms with Gasteiger partial charge in [0.05, 0.1) is 13.2 Å². The van der Waals surface area contributed by atoms with Crippen LogP contribution in [0, 0.1) is 0 Å². The number of hydrogen-bond donors (Lipinski definition) is 2. The number of aliphatic hydroxyl groups excluding tert-OH is 1. The standard InChI is InChI=1S/C20H22Cl2N4O/c1-2-17(13-27)23-11-19-20(14-6-4-3-5-7-14)25-26(24-19)12-15-8-9-16(21)10-18(15)22/h3-10,17,23,27H,2,11-13H2,1H3/t17-/m0/s1. The summed E-state index contributed by atoms with van der Waals surface area (Å²) in [7, 11) is 0. The van der Waals surface area contributed by atoms with E-state index in [2.05, 4.69) is 15.5 Å². The molecule has 1 heterocycles. The first-order valence-corrected chi connectivity index (χ1v) is 9.64. The van der Waals surface area contributed by atoms with Crippen molar-refractivity contribution in [3.63, 3.8) is 0 Å². The predicted octanol–water partition coefficient (Wildman–Crippen LogP) is 4.16. The minimum absolute atomic E-state index is 0.0319. The quantitative estimate of drug-likeness (QED) is 0.591. The van der Waals surface area contributed by atoms with E-state index in [-0.39, 0.29) is 12.6 Å². The highest BCUT2D eigenvalue weighted by atomic mass is 35.5. The predicted molar refractivity (Wildman–Crippen MR) is 109 cm³/mol. The van der Waals surface area contributed by atoms with Gasteiger partial charge >= 0.3 is 0 Å². The van der Waals surface area contributed by atoms with Crippen LogP contribution < -0.4 is 5.32 Å². The zero-order chi connectivity index (χ0) is 19.2. The van der Waals surface area contributed by atoms with Crippen LogP contribution in [0.4, 0.5) is 0 Å². The normalized spacial score (nSPS) is 12.3. The Kier molecular flexibility index (Phi) is 6.85. The van der Waals surface area contributed by atoms with Crippen molar-refractivity contribution in [1.82, 2.24) is 20.3 Å². The van der Waals surface area contributed by atoms with Gasteiger partial charge in [-0.3, -0.25) is 0 Å². The molecular weight excluding hydrogens is 383 g/mol. The number of nitrogens with one attached hydrogen (secondary N) is 1. The Balaban J connectivity index is 1.89. The van der Waals surface area contributed by atoms with Crippen molar-refractivity contribution in [2.45, 2.75) is 32.5 Å². The maximum Gasteiger partial charge on any atom is 0.117 e. The van der Waals surface area contributed by atoms with E-state index in [0.29, 0.717) is 23.1 Å². The summed E-state index contributed by atoms with van der Waals surface area (Å²) in [6.45, 7) is 3.10. The molecule has 0 saturated carbocycles. The summed E-state index contributed by atoms with van der Waals surface area (Å²) in [4.78, 5) is 1.65. The SMILES string of the molecule is CC[C@@H](CO)NCc1nn(Cc2ccc(Cl)cc2Cl)nc1-c1ccccc1. The smallest absolute Gasteiger partial charge is 0.117 e. The summed E-state index contributed by atoms with van der Waals surface area (Å²) >= 11 is 12.3. The molecule has 2 aromatic carbocycles. The van der Waals surface area contributed by atoms with Gasteiger partial charge < -0.3 is 10.4 Å². The summed E-state index contributed by atoms with van der Waals surface area (Å²) in [5.74, 6) is 0. The highest BCUT2D eigenvalue weighted by molar-refractivity contribution is 6.35. The fraction of sp³-hybridized carbons (Fsp3) is 0.300. The lowest BCUT2D eigenvalue weighted by Crippen LogP contribution is -2.31. The van der Waals surface area contributed by atoms with E-state index in [1.54, 1.807) is 16.9 Å². The van der Waals surface area contributed by atoms with Crippen molar-refractivity contribution >= 4 is 23.2 Å². The third kappa shape index (κ3) is 5.08. The molecule has 1 atom stereocenters.